The van der Waals surface area contributed by atoms with Gasteiger partial charge in [0.25, 0.3) is 0 Å². The molecule has 0 spiro atoms. The summed E-state index contributed by atoms with van der Waals surface area (Å²) in [5, 5.41) is 3.07. The summed E-state index contributed by atoms with van der Waals surface area (Å²) in [6, 6.07) is 0. The van der Waals surface area contributed by atoms with Crippen LogP contribution in [0.2, 0.25) is 0 Å². The molecule has 2 nitrogen and oxygen atoms in total. The molecule has 0 aliphatic carbocycles. The quantitative estimate of drug-likeness (QED) is 0.320. The number of carbonyl (C=O) groups is 1. The summed E-state index contributed by atoms with van der Waals surface area (Å²) in [5.41, 5.74) is -0.0641. The summed E-state index contributed by atoms with van der Waals surface area (Å²) >= 11 is 0. The molecule has 0 bridgehead atoms. The Morgan fingerprint density at radius 3 is 1.86 bits per heavy atom. The standard InChI is InChI=1S/C19H37NO/c1-5-8-9-10-11-12-13-14-15-16-17-19(4,7-3)20-18(21)6-2/h6H,2,5,7-17H2,1,3-4H3,(H,20,21). The lowest BCUT2D eigenvalue weighted by Crippen LogP contribution is -2.44. The number of unbranched alkanes of at least 4 members (excludes halogenated alkanes) is 9. The van der Waals surface area contributed by atoms with E-state index in [4.69, 9.17) is 0 Å². The molecule has 0 saturated heterocycles. The first-order valence-electron chi connectivity index (χ1n) is 9.02. The van der Waals surface area contributed by atoms with Crippen LogP contribution in [-0.4, -0.2) is 11.4 Å². The molecule has 0 fully saturated rings. The van der Waals surface area contributed by atoms with Crippen molar-refractivity contribution >= 4 is 5.91 Å². The molecule has 1 unspecified atom stereocenters. The Bertz CT molecular complexity index is 275. The van der Waals surface area contributed by atoms with E-state index >= 15 is 0 Å². The number of nitrogens with one attached hydrogen (secondary N) is 1. The highest BCUT2D eigenvalue weighted by Gasteiger charge is 2.22. The van der Waals surface area contributed by atoms with Crippen molar-refractivity contribution in [3.63, 3.8) is 0 Å². The molecule has 0 aliphatic rings. The summed E-state index contributed by atoms with van der Waals surface area (Å²) in [6.45, 7) is 10.1. The van der Waals surface area contributed by atoms with E-state index in [-0.39, 0.29) is 11.4 Å². The van der Waals surface area contributed by atoms with Gasteiger partial charge in [0, 0.05) is 5.54 Å². The predicted molar refractivity (Wildman–Crippen MR) is 93.5 cm³/mol. The fourth-order valence-electron chi connectivity index (χ4n) is 2.68. The Balaban J connectivity index is 3.55. The van der Waals surface area contributed by atoms with Crippen LogP contribution in [0.3, 0.4) is 0 Å². The van der Waals surface area contributed by atoms with Gasteiger partial charge in [0.05, 0.1) is 0 Å². The number of rotatable bonds is 14. The van der Waals surface area contributed by atoms with Crippen LogP contribution >= 0.6 is 0 Å². The lowest BCUT2D eigenvalue weighted by molar-refractivity contribution is -0.118. The van der Waals surface area contributed by atoms with Crippen LogP contribution in [0.1, 0.15) is 97.8 Å². The van der Waals surface area contributed by atoms with Gasteiger partial charge in [0.1, 0.15) is 0 Å². The maximum atomic E-state index is 11.4. The van der Waals surface area contributed by atoms with Crippen LogP contribution in [0.4, 0.5) is 0 Å². The number of hydrogen-bond acceptors (Lipinski definition) is 1. The molecule has 1 N–H and O–H groups in total. The van der Waals surface area contributed by atoms with E-state index in [0.717, 1.165) is 12.8 Å². The van der Waals surface area contributed by atoms with Crippen molar-refractivity contribution in [2.24, 2.45) is 0 Å². The second-order valence-corrected chi connectivity index (χ2v) is 6.54. The third kappa shape index (κ3) is 11.5. The van der Waals surface area contributed by atoms with E-state index in [9.17, 15) is 4.79 Å². The zero-order chi connectivity index (χ0) is 16.0. The van der Waals surface area contributed by atoms with Crippen molar-refractivity contribution in [2.75, 3.05) is 0 Å². The van der Waals surface area contributed by atoms with Crippen LogP contribution in [0.5, 0.6) is 0 Å². The smallest absolute Gasteiger partial charge is 0.243 e. The second kappa shape index (κ2) is 12.9. The first kappa shape index (κ1) is 20.2. The SMILES string of the molecule is C=CC(=O)NC(C)(CC)CCCCCCCCCCCC. The number of amides is 1. The number of carbonyl (C=O) groups excluding carboxylic acids is 1. The molecule has 2 heteroatoms. The largest absolute Gasteiger partial charge is 0.347 e. The minimum atomic E-state index is -0.0641. The third-order valence-electron chi connectivity index (χ3n) is 4.47. The maximum absolute atomic E-state index is 11.4. The van der Waals surface area contributed by atoms with Gasteiger partial charge in [-0.25, -0.2) is 0 Å². The number of hydrogen-bond donors (Lipinski definition) is 1. The van der Waals surface area contributed by atoms with Crippen LogP contribution in [-0.2, 0) is 4.79 Å². The average Bonchev–Trinajstić information content (AvgIpc) is 2.49. The molecule has 21 heavy (non-hydrogen) atoms. The maximum Gasteiger partial charge on any atom is 0.243 e. The van der Waals surface area contributed by atoms with Crippen LogP contribution in [0.25, 0.3) is 0 Å². The van der Waals surface area contributed by atoms with Gasteiger partial charge in [-0.15, -0.1) is 0 Å². The Hall–Kier alpha value is -0.790. The topological polar surface area (TPSA) is 29.1 Å². The molecule has 0 aliphatic heterocycles. The van der Waals surface area contributed by atoms with E-state index in [2.05, 4.69) is 32.7 Å². The molecule has 1 atom stereocenters. The fraction of sp³-hybridized carbons (Fsp3) is 0.842. The summed E-state index contributed by atoms with van der Waals surface area (Å²) in [5.74, 6) is -0.0496. The van der Waals surface area contributed by atoms with Gasteiger partial charge in [-0.05, 0) is 25.8 Å². The summed E-state index contributed by atoms with van der Waals surface area (Å²) in [6.07, 6.45) is 17.0. The van der Waals surface area contributed by atoms with Gasteiger partial charge in [-0.1, -0.05) is 84.6 Å². The summed E-state index contributed by atoms with van der Waals surface area (Å²) in [4.78, 5) is 11.4. The minimum absolute atomic E-state index is 0.0496. The Morgan fingerprint density at radius 1 is 0.952 bits per heavy atom. The lowest BCUT2D eigenvalue weighted by Gasteiger charge is -2.29. The van der Waals surface area contributed by atoms with Crippen molar-refractivity contribution in [2.45, 2.75) is 103 Å². The molecule has 0 heterocycles. The highest BCUT2D eigenvalue weighted by molar-refractivity contribution is 5.87. The van der Waals surface area contributed by atoms with Crippen LogP contribution in [0, 0.1) is 0 Å². The molecule has 0 aromatic heterocycles. The zero-order valence-corrected chi connectivity index (χ0v) is 14.7. The molecular formula is C19H37NO. The highest BCUT2D eigenvalue weighted by atomic mass is 16.1. The first-order valence-corrected chi connectivity index (χ1v) is 9.02. The third-order valence-corrected chi connectivity index (χ3v) is 4.47. The molecule has 124 valence electrons. The van der Waals surface area contributed by atoms with Crippen LogP contribution < -0.4 is 5.32 Å². The Morgan fingerprint density at radius 2 is 1.43 bits per heavy atom. The molecule has 1 amide bonds. The van der Waals surface area contributed by atoms with Crippen molar-refractivity contribution in [1.82, 2.24) is 5.32 Å². The van der Waals surface area contributed by atoms with E-state index in [0.29, 0.717) is 0 Å². The van der Waals surface area contributed by atoms with Crippen molar-refractivity contribution < 1.29 is 4.79 Å². The first-order chi connectivity index (χ1) is 10.1. The zero-order valence-electron chi connectivity index (χ0n) is 14.7. The van der Waals surface area contributed by atoms with Gasteiger partial charge in [0.15, 0.2) is 0 Å². The van der Waals surface area contributed by atoms with E-state index < -0.39 is 0 Å². The molecule has 0 radical (unpaired) electrons. The molecule has 0 saturated carbocycles. The van der Waals surface area contributed by atoms with Crippen molar-refractivity contribution in [1.29, 1.82) is 0 Å². The van der Waals surface area contributed by atoms with E-state index in [1.807, 2.05) is 0 Å². The van der Waals surface area contributed by atoms with Gasteiger partial charge < -0.3 is 5.32 Å². The molecule has 0 rings (SSSR count). The summed E-state index contributed by atoms with van der Waals surface area (Å²) < 4.78 is 0. The van der Waals surface area contributed by atoms with Crippen molar-refractivity contribution in [3.05, 3.63) is 12.7 Å². The Kier molecular flexibility index (Phi) is 12.4. The minimum Gasteiger partial charge on any atom is -0.347 e. The van der Waals surface area contributed by atoms with E-state index in [1.54, 1.807) is 0 Å². The van der Waals surface area contributed by atoms with Crippen molar-refractivity contribution in [3.8, 4) is 0 Å². The fourth-order valence-corrected chi connectivity index (χ4v) is 2.68. The summed E-state index contributed by atoms with van der Waals surface area (Å²) in [7, 11) is 0. The van der Waals surface area contributed by atoms with Gasteiger partial charge >= 0.3 is 0 Å². The molecule has 0 aromatic carbocycles. The van der Waals surface area contributed by atoms with E-state index in [1.165, 1.54) is 70.3 Å². The predicted octanol–water partition coefficient (Wildman–Crippen LogP) is 5.77. The lowest BCUT2D eigenvalue weighted by atomic mass is 9.91. The van der Waals surface area contributed by atoms with Crippen LogP contribution in [0.15, 0.2) is 12.7 Å². The van der Waals surface area contributed by atoms with Gasteiger partial charge in [-0.2, -0.15) is 0 Å². The monoisotopic (exact) mass is 295 g/mol. The second-order valence-electron chi connectivity index (χ2n) is 6.54. The highest BCUT2D eigenvalue weighted by Crippen LogP contribution is 2.19. The molecular weight excluding hydrogens is 258 g/mol. The van der Waals surface area contributed by atoms with Gasteiger partial charge in [0.2, 0.25) is 5.91 Å². The van der Waals surface area contributed by atoms with Gasteiger partial charge in [-0.3, -0.25) is 4.79 Å². The average molecular weight is 296 g/mol. The Labute approximate surface area is 132 Å². The molecule has 0 aromatic rings. The normalized spacial score (nSPS) is 13.7.